The number of aromatic nitrogens is 2. The molecule has 5 nitrogen and oxygen atoms in total. The number of aliphatic hydroxyl groups is 1. The van der Waals surface area contributed by atoms with E-state index in [0.717, 1.165) is 4.57 Å². The standard InChI is InChI=1S/C12H16F2N2O3/c1-7-5-16(11(19)15-10(7)18)6-9-8(3-2-4-17)12(9,13)14/h5,8-9,17H,2-4,6H2,1H3,(H,15,18,19)/t8-,9-/m1/s1. The number of H-pyrrole nitrogens is 1. The summed E-state index contributed by atoms with van der Waals surface area (Å²) in [5.41, 5.74) is -0.852. The van der Waals surface area contributed by atoms with E-state index in [2.05, 4.69) is 4.98 Å². The molecule has 0 amide bonds. The monoisotopic (exact) mass is 274 g/mol. The summed E-state index contributed by atoms with van der Waals surface area (Å²) in [6.07, 6.45) is 1.88. The van der Waals surface area contributed by atoms with Crippen LogP contribution in [0.1, 0.15) is 18.4 Å². The molecule has 0 radical (unpaired) electrons. The second-order valence-electron chi connectivity index (χ2n) is 4.98. The zero-order valence-corrected chi connectivity index (χ0v) is 10.5. The fourth-order valence-corrected chi connectivity index (χ4v) is 2.38. The lowest BCUT2D eigenvalue weighted by Crippen LogP contribution is -2.31. The van der Waals surface area contributed by atoms with E-state index in [1.54, 1.807) is 0 Å². The first-order chi connectivity index (χ1) is 8.87. The minimum Gasteiger partial charge on any atom is -0.396 e. The molecule has 1 fully saturated rings. The number of hydrogen-bond donors (Lipinski definition) is 2. The van der Waals surface area contributed by atoms with Gasteiger partial charge in [-0.15, -0.1) is 0 Å². The van der Waals surface area contributed by atoms with Crippen LogP contribution in [-0.2, 0) is 6.54 Å². The Morgan fingerprint density at radius 2 is 2.11 bits per heavy atom. The number of rotatable bonds is 5. The zero-order valence-electron chi connectivity index (χ0n) is 10.5. The van der Waals surface area contributed by atoms with Gasteiger partial charge in [-0.2, -0.15) is 0 Å². The Balaban J connectivity index is 2.13. The molecule has 0 aromatic carbocycles. The molecule has 19 heavy (non-hydrogen) atoms. The highest BCUT2D eigenvalue weighted by atomic mass is 19.3. The van der Waals surface area contributed by atoms with Crippen molar-refractivity contribution in [3.05, 3.63) is 32.6 Å². The quantitative estimate of drug-likeness (QED) is 0.821. The van der Waals surface area contributed by atoms with Crippen LogP contribution in [0.4, 0.5) is 8.78 Å². The lowest BCUT2D eigenvalue weighted by atomic mass is 10.2. The predicted molar refractivity (Wildman–Crippen MR) is 64.3 cm³/mol. The summed E-state index contributed by atoms with van der Waals surface area (Å²) in [6.45, 7) is 1.29. The van der Waals surface area contributed by atoms with Gasteiger partial charge in [-0.1, -0.05) is 0 Å². The Hall–Kier alpha value is -1.50. The second kappa shape index (κ2) is 4.88. The van der Waals surface area contributed by atoms with Crippen molar-refractivity contribution in [2.75, 3.05) is 6.61 Å². The van der Waals surface area contributed by atoms with Gasteiger partial charge in [0.15, 0.2) is 0 Å². The van der Waals surface area contributed by atoms with Crippen LogP contribution in [0.15, 0.2) is 15.8 Å². The maximum Gasteiger partial charge on any atom is 0.328 e. The predicted octanol–water partition coefficient (Wildman–Crippen LogP) is 0.499. The number of alkyl halides is 2. The van der Waals surface area contributed by atoms with Crippen LogP contribution in [0.25, 0.3) is 0 Å². The molecule has 2 rings (SSSR count). The molecule has 0 unspecified atom stereocenters. The third kappa shape index (κ3) is 2.60. The fraction of sp³-hybridized carbons (Fsp3) is 0.667. The van der Waals surface area contributed by atoms with Crippen LogP contribution < -0.4 is 11.2 Å². The molecular weight excluding hydrogens is 258 g/mol. The lowest BCUT2D eigenvalue weighted by Gasteiger charge is -2.04. The average molecular weight is 274 g/mol. The third-order valence-corrected chi connectivity index (χ3v) is 3.62. The second-order valence-corrected chi connectivity index (χ2v) is 4.98. The SMILES string of the molecule is Cc1cn(C[C@@H]2[C@@H](CCCO)C2(F)F)c(=O)[nH]c1=O. The highest BCUT2D eigenvalue weighted by molar-refractivity contribution is 5.07. The molecule has 7 heteroatoms. The summed E-state index contributed by atoms with van der Waals surface area (Å²) in [5.74, 6) is -4.49. The molecule has 0 saturated heterocycles. The van der Waals surface area contributed by atoms with Gasteiger partial charge in [-0.25, -0.2) is 13.6 Å². The summed E-state index contributed by atoms with van der Waals surface area (Å²) in [7, 11) is 0. The zero-order chi connectivity index (χ0) is 14.2. The third-order valence-electron chi connectivity index (χ3n) is 3.62. The van der Waals surface area contributed by atoms with E-state index >= 15 is 0 Å². The van der Waals surface area contributed by atoms with E-state index in [9.17, 15) is 18.4 Å². The van der Waals surface area contributed by atoms with E-state index in [1.165, 1.54) is 13.1 Å². The number of hydrogen-bond acceptors (Lipinski definition) is 3. The Kier molecular flexibility index (Phi) is 3.58. The molecule has 0 bridgehead atoms. The van der Waals surface area contributed by atoms with Crippen LogP contribution in [0.5, 0.6) is 0 Å². The van der Waals surface area contributed by atoms with Crippen molar-refractivity contribution in [2.45, 2.75) is 32.2 Å². The van der Waals surface area contributed by atoms with Crippen molar-refractivity contribution < 1.29 is 13.9 Å². The highest BCUT2D eigenvalue weighted by Crippen LogP contribution is 2.58. The first kappa shape index (κ1) is 13.9. The minimum atomic E-state index is -2.79. The molecule has 1 aromatic heterocycles. The van der Waals surface area contributed by atoms with Crippen molar-refractivity contribution in [1.82, 2.24) is 9.55 Å². The van der Waals surface area contributed by atoms with Gasteiger partial charge in [0.05, 0.1) is 0 Å². The van der Waals surface area contributed by atoms with Gasteiger partial charge in [-0.3, -0.25) is 14.3 Å². The normalized spacial score (nSPS) is 24.4. The van der Waals surface area contributed by atoms with Gasteiger partial charge in [0.25, 0.3) is 11.5 Å². The Morgan fingerprint density at radius 1 is 1.42 bits per heavy atom. The number of nitrogens with zero attached hydrogens (tertiary/aromatic N) is 1. The molecule has 1 saturated carbocycles. The van der Waals surface area contributed by atoms with Gasteiger partial charge in [-0.05, 0) is 19.8 Å². The molecule has 1 heterocycles. The Morgan fingerprint density at radius 3 is 2.74 bits per heavy atom. The van der Waals surface area contributed by atoms with Crippen molar-refractivity contribution in [3.63, 3.8) is 0 Å². The van der Waals surface area contributed by atoms with Crippen LogP contribution in [0, 0.1) is 18.8 Å². The number of aromatic amines is 1. The van der Waals surface area contributed by atoms with Crippen molar-refractivity contribution >= 4 is 0 Å². The maximum atomic E-state index is 13.5. The molecule has 2 N–H and O–H groups in total. The number of nitrogens with one attached hydrogen (secondary N) is 1. The lowest BCUT2D eigenvalue weighted by molar-refractivity contribution is 0.0787. The summed E-state index contributed by atoms with van der Waals surface area (Å²) in [4.78, 5) is 24.8. The van der Waals surface area contributed by atoms with E-state index in [0.29, 0.717) is 12.0 Å². The van der Waals surface area contributed by atoms with Crippen molar-refractivity contribution in [1.29, 1.82) is 0 Å². The fourth-order valence-electron chi connectivity index (χ4n) is 2.38. The molecule has 1 aromatic rings. The minimum absolute atomic E-state index is 0.112. The molecule has 0 aliphatic heterocycles. The molecule has 106 valence electrons. The first-order valence-corrected chi connectivity index (χ1v) is 6.17. The van der Waals surface area contributed by atoms with Gasteiger partial charge in [0, 0.05) is 36.7 Å². The smallest absolute Gasteiger partial charge is 0.328 e. The summed E-state index contributed by atoms with van der Waals surface area (Å²) in [6, 6.07) is 0. The van der Waals surface area contributed by atoms with E-state index in [-0.39, 0.29) is 19.6 Å². The Labute approximate surface area is 107 Å². The number of aliphatic hydroxyl groups excluding tert-OH is 1. The highest BCUT2D eigenvalue weighted by Gasteiger charge is 2.67. The summed E-state index contributed by atoms with van der Waals surface area (Å²) >= 11 is 0. The van der Waals surface area contributed by atoms with Gasteiger partial charge >= 0.3 is 5.69 Å². The molecule has 2 atom stereocenters. The van der Waals surface area contributed by atoms with Crippen LogP contribution in [0.3, 0.4) is 0 Å². The van der Waals surface area contributed by atoms with E-state index in [1.807, 2.05) is 0 Å². The van der Waals surface area contributed by atoms with E-state index < -0.39 is 29.0 Å². The van der Waals surface area contributed by atoms with Crippen LogP contribution >= 0.6 is 0 Å². The van der Waals surface area contributed by atoms with Crippen molar-refractivity contribution in [3.8, 4) is 0 Å². The number of halogens is 2. The van der Waals surface area contributed by atoms with Gasteiger partial charge in [0.2, 0.25) is 0 Å². The summed E-state index contributed by atoms with van der Waals surface area (Å²) < 4.78 is 28.1. The molecule has 0 spiro atoms. The topological polar surface area (TPSA) is 75.1 Å². The molecule has 1 aliphatic carbocycles. The summed E-state index contributed by atoms with van der Waals surface area (Å²) in [5, 5.41) is 8.66. The van der Waals surface area contributed by atoms with E-state index in [4.69, 9.17) is 5.11 Å². The largest absolute Gasteiger partial charge is 0.396 e. The van der Waals surface area contributed by atoms with Crippen LogP contribution in [-0.4, -0.2) is 27.2 Å². The van der Waals surface area contributed by atoms with Crippen molar-refractivity contribution in [2.24, 2.45) is 11.8 Å². The molecule has 1 aliphatic rings. The average Bonchev–Trinajstić information content (AvgIpc) is 2.84. The molecular formula is C12H16F2N2O3. The first-order valence-electron chi connectivity index (χ1n) is 6.17. The van der Waals surface area contributed by atoms with Crippen LogP contribution in [0.2, 0.25) is 0 Å². The Bertz CT molecular complexity index is 579. The van der Waals surface area contributed by atoms with Gasteiger partial charge < -0.3 is 5.11 Å². The number of aryl methyl sites for hydroxylation is 1. The van der Waals surface area contributed by atoms with Gasteiger partial charge in [0.1, 0.15) is 0 Å². The maximum absolute atomic E-state index is 13.5.